The van der Waals surface area contributed by atoms with Crippen molar-refractivity contribution in [1.82, 2.24) is 0 Å². The number of rotatable bonds is 14. The van der Waals surface area contributed by atoms with Crippen LogP contribution < -0.4 is 10.9 Å². The van der Waals surface area contributed by atoms with E-state index in [9.17, 15) is 24.6 Å². The topological polar surface area (TPSA) is 118 Å². The Balaban J connectivity index is 1.99. The second kappa shape index (κ2) is 12.7. The van der Waals surface area contributed by atoms with Gasteiger partial charge in [0.05, 0.1) is 5.41 Å². The third kappa shape index (κ3) is 10.1. The van der Waals surface area contributed by atoms with Gasteiger partial charge in [-0.2, -0.15) is 0 Å². The second-order valence-corrected chi connectivity index (χ2v) is 10.6. The third-order valence-electron chi connectivity index (χ3n) is 6.09. The lowest BCUT2D eigenvalue weighted by Crippen LogP contribution is -2.23. The van der Waals surface area contributed by atoms with Gasteiger partial charge >= 0.3 is 5.97 Å². The summed E-state index contributed by atoms with van der Waals surface area (Å²) < 4.78 is 11.6. The molecular formula is C28H38O7. The van der Waals surface area contributed by atoms with Crippen LogP contribution in [-0.4, -0.2) is 22.8 Å². The Morgan fingerprint density at radius 1 is 0.800 bits per heavy atom. The molecule has 2 rings (SSSR count). The first kappa shape index (κ1) is 28.3. The van der Waals surface area contributed by atoms with E-state index in [1.54, 1.807) is 26.0 Å². The fourth-order valence-electron chi connectivity index (χ4n) is 3.63. The number of aliphatic carboxylic acids is 1. The number of carboxylic acid groups (broad SMARTS) is 1. The molecule has 2 aromatic heterocycles. The van der Waals surface area contributed by atoms with E-state index >= 15 is 0 Å². The Bertz CT molecular complexity index is 1120. The van der Waals surface area contributed by atoms with Crippen LogP contribution in [0.3, 0.4) is 0 Å². The zero-order valence-electron chi connectivity index (χ0n) is 21.3. The monoisotopic (exact) mass is 486 g/mol. The predicted molar refractivity (Wildman–Crippen MR) is 136 cm³/mol. The highest BCUT2D eigenvalue weighted by molar-refractivity contribution is 5.73. The minimum atomic E-state index is -0.822. The minimum Gasteiger partial charge on any atom is -0.481 e. The molecule has 7 nitrogen and oxygen atoms in total. The number of unbranched alkanes of at least 4 members (excludes halogenated alkanes) is 2. The highest BCUT2D eigenvalue weighted by atomic mass is 16.4. The molecule has 0 radical (unpaired) electrons. The van der Waals surface area contributed by atoms with E-state index in [0.29, 0.717) is 55.1 Å². The zero-order valence-corrected chi connectivity index (χ0v) is 21.3. The van der Waals surface area contributed by atoms with E-state index in [2.05, 4.69) is 0 Å². The molecule has 0 saturated heterocycles. The van der Waals surface area contributed by atoms with Crippen LogP contribution in [0.2, 0.25) is 0 Å². The van der Waals surface area contributed by atoms with Gasteiger partial charge in [0, 0.05) is 43.7 Å². The van der Waals surface area contributed by atoms with E-state index in [1.165, 1.54) is 24.3 Å². The van der Waals surface area contributed by atoms with Crippen LogP contribution >= 0.6 is 0 Å². The Morgan fingerprint density at radius 3 is 1.69 bits per heavy atom. The second-order valence-electron chi connectivity index (χ2n) is 10.6. The fourth-order valence-corrected chi connectivity index (χ4v) is 3.63. The van der Waals surface area contributed by atoms with Crippen molar-refractivity contribution < 1.29 is 23.8 Å². The summed E-state index contributed by atoms with van der Waals surface area (Å²) in [6, 6.07) is 5.69. The van der Waals surface area contributed by atoms with Gasteiger partial charge in [0.25, 0.3) is 0 Å². The first-order chi connectivity index (χ1) is 16.4. The van der Waals surface area contributed by atoms with Gasteiger partial charge in [0.1, 0.15) is 23.0 Å². The van der Waals surface area contributed by atoms with Crippen molar-refractivity contribution in [2.45, 2.75) is 79.1 Å². The van der Waals surface area contributed by atoms with Gasteiger partial charge < -0.3 is 19.0 Å². The lowest BCUT2D eigenvalue weighted by molar-refractivity contribution is -0.147. The quantitative estimate of drug-likeness (QED) is 0.347. The van der Waals surface area contributed by atoms with Crippen molar-refractivity contribution in [1.29, 1.82) is 0 Å². The maximum Gasteiger partial charge on any atom is 0.309 e. The summed E-state index contributed by atoms with van der Waals surface area (Å²) >= 11 is 0. The largest absolute Gasteiger partial charge is 0.481 e. The lowest BCUT2D eigenvalue weighted by Gasteiger charge is -2.20. The van der Waals surface area contributed by atoms with Crippen molar-refractivity contribution in [2.24, 2.45) is 10.8 Å². The molecule has 2 N–H and O–H groups in total. The van der Waals surface area contributed by atoms with E-state index in [4.69, 9.17) is 8.83 Å². The van der Waals surface area contributed by atoms with Gasteiger partial charge in [-0.25, -0.2) is 0 Å². The molecule has 35 heavy (non-hydrogen) atoms. The Labute approximate surface area is 206 Å². The zero-order chi connectivity index (χ0) is 26.1. The number of carboxylic acids is 1. The summed E-state index contributed by atoms with van der Waals surface area (Å²) in [5.41, 5.74) is -1.22. The van der Waals surface area contributed by atoms with Crippen LogP contribution in [0.15, 0.2) is 42.7 Å². The van der Waals surface area contributed by atoms with Crippen molar-refractivity contribution in [3.63, 3.8) is 0 Å². The average molecular weight is 487 g/mol. The van der Waals surface area contributed by atoms with Gasteiger partial charge in [-0.15, -0.1) is 0 Å². The average Bonchev–Trinajstić information content (AvgIpc) is 2.77. The molecule has 192 valence electrons. The van der Waals surface area contributed by atoms with E-state index < -0.39 is 11.4 Å². The highest BCUT2D eigenvalue weighted by Crippen LogP contribution is 2.24. The summed E-state index contributed by atoms with van der Waals surface area (Å²) in [6.45, 7) is 7.58. The molecule has 0 aliphatic heterocycles. The van der Waals surface area contributed by atoms with Crippen LogP contribution in [0.25, 0.3) is 12.2 Å². The first-order valence-electron chi connectivity index (χ1n) is 12.2. The molecule has 0 spiro atoms. The maximum absolute atomic E-state index is 12.1. The normalized spacial score (nSPS) is 12.4. The Hall–Kier alpha value is -2.93. The number of aliphatic hydroxyl groups is 1. The first-order valence-corrected chi connectivity index (χ1v) is 12.2. The predicted octanol–water partition coefficient (Wildman–Crippen LogP) is 5.32. The molecule has 0 atom stereocenters. The van der Waals surface area contributed by atoms with Gasteiger partial charge in [0.15, 0.2) is 10.9 Å². The summed E-state index contributed by atoms with van der Waals surface area (Å²) in [4.78, 5) is 35.4. The molecule has 0 amide bonds. The van der Waals surface area contributed by atoms with Crippen LogP contribution in [0.4, 0.5) is 0 Å². The number of hydrogen-bond donors (Lipinski definition) is 2. The Morgan fingerprint density at radius 2 is 1.26 bits per heavy atom. The molecule has 0 aliphatic rings. The number of carbonyl (C=O) groups is 1. The molecule has 2 heterocycles. The van der Waals surface area contributed by atoms with Crippen molar-refractivity contribution in [2.75, 3.05) is 6.61 Å². The summed E-state index contributed by atoms with van der Waals surface area (Å²) in [5, 5.41) is 18.6. The number of aliphatic hydroxyl groups excluding tert-OH is 1. The van der Waals surface area contributed by atoms with Crippen molar-refractivity contribution >= 4 is 18.1 Å². The summed E-state index contributed by atoms with van der Waals surface area (Å²) in [7, 11) is 0. The van der Waals surface area contributed by atoms with Gasteiger partial charge in [-0.05, 0) is 57.1 Å². The third-order valence-corrected chi connectivity index (χ3v) is 6.09. The number of hydrogen-bond acceptors (Lipinski definition) is 6. The minimum absolute atomic E-state index is 0.112. The summed E-state index contributed by atoms with van der Waals surface area (Å²) in [5.74, 6) is 1.05. The van der Waals surface area contributed by atoms with Gasteiger partial charge in [-0.1, -0.05) is 26.7 Å². The summed E-state index contributed by atoms with van der Waals surface area (Å²) in [6.07, 6.45) is 8.98. The highest BCUT2D eigenvalue weighted by Gasteiger charge is 2.26. The molecule has 0 saturated carbocycles. The van der Waals surface area contributed by atoms with Crippen LogP contribution in [-0.2, 0) is 17.6 Å². The Kier molecular flexibility index (Phi) is 10.3. The standard InChI is InChI=1S/C28H38O7/c1-27(2,19-29)13-7-5-9-22-15-20(30)17-24(34-22)11-12-25-18-21(31)16-23(35-25)10-6-8-14-28(3,4)26(32)33/h11-12,15-18,29H,5-10,13-14,19H2,1-4H3,(H,32,33). The van der Waals surface area contributed by atoms with Crippen LogP contribution in [0.5, 0.6) is 0 Å². The molecular weight excluding hydrogens is 448 g/mol. The van der Waals surface area contributed by atoms with E-state index in [1.807, 2.05) is 13.8 Å². The van der Waals surface area contributed by atoms with Gasteiger partial charge in [0.2, 0.25) is 0 Å². The maximum atomic E-state index is 12.1. The smallest absolute Gasteiger partial charge is 0.309 e. The SMILES string of the molecule is CC(C)(CO)CCCCc1cc(=O)cc(C=Cc2cc(=O)cc(CCCCC(C)(C)C(=O)O)o2)o1. The molecule has 0 aliphatic carbocycles. The molecule has 0 bridgehead atoms. The molecule has 7 heteroatoms. The van der Waals surface area contributed by atoms with Crippen molar-refractivity contribution in [3.05, 3.63) is 67.8 Å². The molecule has 0 unspecified atom stereocenters. The van der Waals surface area contributed by atoms with Crippen LogP contribution in [0, 0.1) is 10.8 Å². The lowest BCUT2D eigenvalue weighted by atomic mass is 9.87. The molecule has 0 aromatic carbocycles. The number of aryl methyl sites for hydroxylation is 2. The van der Waals surface area contributed by atoms with Crippen molar-refractivity contribution in [3.8, 4) is 0 Å². The molecule has 0 fully saturated rings. The van der Waals surface area contributed by atoms with E-state index in [-0.39, 0.29) is 22.9 Å². The van der Waals surface area contributed by atoms with Gasteiger partial charge in [-0.3, -0.25) is 14.4 Å². The van der Waals surface area contributed by atoms with E-state index in [0.717, 1.165) is 19.3 Å². The molecule has 2 aromatic rings. The van der Waals surface area contributed by atoms with Crippen LogP contribution in [0.1, 0.15) is 89.3 Å². The fraction of sp³-hybridized carbons (Fsp3) is 0.536.